The highest BCUT2D eigenvalue weighted by Crippen LogP contribution is 2.22. The van der Waals surface area contributed by atoms with Crippen LogP contribution in [0.25, 0.3) is 0 Å². The van der Waals surface area contributed by atoms with Crippen LogP contribution >= 0.6 is 11.6 Å². The SMILES string of the molecule is Cc1cc(Cl)ccc1OCCCNC1CC1. The predicted octanol–water partition coefficient (Wildman–Crippen LogP) is 3.17. The summed E-state index contributed by atoms with van der Waals surface area (Å²) < 4.78 is 5.70. The second-order valence-electron chi connectivity index (χ2n) is 4.34. The first-order valence-corrected chi connectivity index (χ1v) is 6.26. The highest BCUT2D eigenvalue weighted by molar-refractivity contribution is 6.30. The summed E-state index contributed by atoms with van der Waals surface area (Å²) in [4.78, 5) is 0. The fourth-order valence-electron chi connectivity index (χ4n) is 1.62. The topological polar surface area (TPSA) is 21.3 Å². The van der Waals surface area contributed by atoms with Gasteiger partial charge in [-0.25, -0.2) is 0 Å². The molecule has 0 amide bonds. The van der Waals surface area contributed by atoms with E-state index in [9.17, 15) is 0 Å². The van der Waals surface area contributed by atoms with Gasteiger partial charge in [0.25, 0.3) is 0 Å². The Morgan fingerprint density at radius 1 is 1.44 bits per heavy atom. The molecule has 0 atom stereocenters. The Bertz CT molecular complexity index is 350. The Kier molecular flexibility index (Phi) is 4.08. The van der Waals surface area contributed by atoms with E-state index in [1.165, 1.54) is 12.8 Å². The maximum atomic E-state index is 5.88. The Balaban J connectivity index is 1.67. The second kappa shape index (κ2) is 5.55. The summed E-state index contributed by atoms with van der Waals surface area (Å²) in [5.41, 5.74) is 1.10. The summed E-state index contributed by atoms with van der Waals surface area (Å²) in [5, 5.41) is 4.23. The molecule has 3 heteroatoms. The van der Waals surface area contributed by atoms with Crippen LogP contribution in [0.4, 0.5) is 0 Å². The number of ether oxygens (including phenoxy) is 1. The third-order valence-corrected chi connectivity index (χ3v) is 2.96. The number of hydrogen-bond donors (Lipinski definition) is 1. The average Bonchev–Trinajstić information content (AvgIpc) is 3.04. The first-order valence-electron chi connectivity index (χ1n) is 5.88. The highest BCUT2D eigenvalue weighted by atomic mass is 35.5. The van der Waals surface area contributed by atoms with Gasteiger partial charge in [0.1, 0.15) is 5.75 Å². The van der Waals surface area contributed by atoms with E-state index in [0.29, 0.717) is 0 Å². The zero-order valence-corrected chi connectivity index (χ0v) is 10.4. The molecule has 2 nitrogen and oxygen atoms in total. The Labute approximate surface area is 102 Å². The molecule has 16 heavy (non-hydrogen) atoms. The van der Waals surface area contributed by atoms with Crippen molar-refractivity contribution in [2.75, 3.05) is 13.2 Å². The molecule has 1 fully saturated rings. The largest absolute Gasteiger partial charge is 0.493 e. The molecule has 1 saturated carbocycles. The predicted molar refractivity (Wildman–Crippen MR) is 67.3 cm³/mol. The molecule has 1 aliphatic rings. The zero-order chi connectivity index (χ0) is 11.4. The van der Waals surface area contributed by atoms with Crippen molar-refractivity contribution in [1.82, 2.24) is 5.32 Å². The zero-order valence-electron chi connectivity index (χ0n) is 9.63. The second-order valence-corrected chi connectivity index (χ2v) is 4.78. The van der Waals surface area contributed by atoms with Gasteiger partial charge >= 0.3 is 0 Å². The number of benzene rings is 1. The first kappa shape index (κ1) is 11.7. The quantitative estimate of drug-likeness (QED) is 0.770. The van der Waals surface area contributed by atoms with Crippen LogP contribution in [-0.4, -0.2) is 19.2 Å². The van der Waals surface area contributed by atoms with Crippen molar-refractivity contribution in [3.05, 3.63) is 28.8 Å². The van der Waals surface area contributed by atoms with Gasteiger partial charge < -0.3 is 10.1 Å². The minimum Gasteiger partial charge on any atom is -0.493 e. The highest BCUT2D eigenvalue weighted by Gasteiger charge is 2.19. The van der Waals surface area contributed by atoms with E-state index in [-0.39, 0.29) is 0 Å². The van der Waals surface area contributed by atoms with E-state index in [0.717, 1.165) is 41.9 Å². The minimum absolute atomic E-state index is 0.764. The van der Waals surface area contributed by atoms with Crippen molar-refractivity contribution in [2.45, 2.75) is 32.2 Å². The molecule has 0 heterocycles. The van der Waals surface area contributed by atoms with Gasteiger partial charge in [-0.15, -0.1) is 0 Å². The number of nitrogens with one attached hydrogen (secondary N) is 1. The van der Waals surface area contributed by atoms with Gasteiger partial charge in [0, 0.05) is 11.1 Å². The van der Waals surface area contributed by atoms with Gasteiger partial charge in [0.2, 0.25) is 0 Å². The van der Waals surface area contributed by atoms with E-state index in [2.05, 4.69) is 5.32 Å². The molecule has 0 aliphatic heterocycles. The Hall–Kier alpha value is -0.730. The normalized spacial score (nSPS) is 15.1. The Morgan fingerprint density at radius 2 is 2.25 bits per heavy atom. The van der Waals surface area contributed by atoms with Gasteiger partial charge in [0.15, 0.2) is 0 Å². The lowest BCUT2D eigenvalue weighted by Crippen LogP contribution is -2.19. The van der Waals surface area contributed by atoms with E-state index < -0.39 is 0 Å². The lowest BCUT2D eigenvalue weighted by molar-refractivity contribution is 0.306. The van der Waals surface area contributed by atoms with Gasteiger partial charge in [-0.2, -0.15) is 0 Å². The van der Waals surface area contributed by atoms with Crippen molar-refractivity contribution in [3.8, 4) is 5.75 Å². The van der Waals surface area contributed by atoms with Crippen LogP contribution < -0.4 is 10.1 Å². The van der Waals surface area contributed by atoms with E-state index in [1.54, 1.807) is 0 Å². The lowest BCUT2D eigenvalue weighted by atomic mass is 10.2. The van der Waals surface area contributed by atoms with Gasteiger partial charge in [-0.3, -0.25) is 0 Å². The van der Waals surface area contributed by atoms with Crippen LogP contribution in [0.2, 0.25) is 5.02 Å². The molecule has 1 aromatic carbocycles. The van der Waals surface area contributed by atoms with E-state index >= 15 is 0 Å². The number of halogens is 1. The molecule has 0 radical (unpaired) electrons. The fourth-order valence-corrected chi connectivity index (χ4v) is 1.85. The van der Waals surface area contributed by atoms with Gasteiger partial charge in [-0.05, 0) is 56.5 Å². The molecule has 88 valence electrons. The first-order chi connectivity index (χ1) is 7.75. The van der Waals surface area contributed by atoms with Crippen molar-refractivity contribution >= 4 is 11.6 Å². The molecule has 1 N–H and O–H groups in total. The monoisotopic (exact) mass is 239 g/mol. The van der Waals surface area contributed by atoms with Gasteiger partial charge in [0.05, 0.1) is 6.61 Å². The van der Waals surface area contributed by atoms with E-state index in [1.807, 2.05) is 25.1 Å². The van der Waals surface area contributed by atoms with Crippen molar-refractivity contribution in [2.24, 2.45) is 0 Å². The maximum Gasteiger partial charge on any atom is 0.122 e. The van der Waals surface area contributed by atoms with Crippen LogP contribution in [0.5, 0.6) is 5.75 Å². The smallest absolute Gasteiger partial charge is 0.122 e. The molecule has 2 rings (SSSR count). The molecule has 1 aromatic rings. The summed E-state index contributed by atoms with van der Waals surface area (Å²) in [6, 6.07) is 6.52. The van der Waals surface area contributed by atoms with Crippen LogP contribution in [0.15, 0.2) is 18.2 Å². The summed E-state index contributed by atoms with van der Waals surface area (Å²) >= 11 is 5.88. The number of hydrogen-bond acceptors (Lipinski definition) is 2. The molecule has 1 aliphatic carbocycles. The summed E-state index contributed by atoms with van der Waals surface area (Å²) in [6.07, 6.45) is 3.74. The average molecular weight is 240 g/mol. The van der Waals surface area contributed by atoms with Crippen LogP contribution in [0.1, 0.15) is 24.8 Å². The molecule has 0 bridgehead atoms. The molecule has 0 spiro atoms. The van der Waals surface area contributed by atoms with Gasteiger partial charge in [-0.1, -0.05) is 11.6 Å². The number of rotatable bonds is 6. The third-order valence-electron chi connectivity index (χ3n) is 2.73. The van der Waals surface area contributed by atoms with Crippen LogP contribution in [0, 0.1) is 6.92 Å². The number of aryl methyl sites for hydroxylation is 1. The summed E-state index contributed by atoms with van der Waals surface area (Å²) in [5.74, 6) is 0.941. The van der Waals surface area contributed by atoms with Crippen molar-refractivity contribution < 1.29 is 4.74 Å². The summed E-state index contributed by atoms with van der Waals surface area (Å²) in [7, 11) is 0. The van der Waals surface area contributed by atoms with Crippen LogP contribution in [-0.2, 0) is 0 Å². The third kappa shape index (κ3) is 3.69. The standard InChI is InChI=1S/C13H18ClNO/c1-10-9-11(14)3-6-13(10)16-8-2-7-15-12-4-5-12/h3,6,9,12,15H,2,4-5,7-8H2,1H3. The molecule has 0 saturated heterocycles. The molecule has 0 unspecified atom stereocenters. The fraction of sp³-hybridized carbons (Fsp3) is 0.538. The molecular formula is C13H18ClNO. The van der Waals surface area contributed by atoms with Crippen molar-refractivity contribution in [1.29, 1.82) is 0 Å². The van der Waals surface area contributed by atoms with E-state index in [4.69, 9.17) is 16.3 Å². The maximum absolute atomic E-state index is 5.88. The molecule has 0 aromatic heterocycles. The van der Waals surface area contributed by atoms with Crippen LogP contribution in [0.3, 0.4) is 0 Å². The lowest BCUT2D eigenvalue weighted by Gasteiger charge is -2.09. The Morgan fingerprint density at radius 3 is 2.94 bits per heavy atom. The molecular weight excluding hydrogens is 222 g/mol. The van der Waals surface area contributed by atoms with Crippen molar-refractivity contribution in [3.63, 3.8) is 0 Å². The minimum atomic E-state index is 0.764. The summed E-state index contributed by atoms with van der Waals surface area (Å²) in [6.45, 7) is 3.84.